The zero-order chi connectivity index (χ0) is 26.2. The third-order valence-electron chi connectivity index (χ3n) is 6.60. The zero-order valence-corrected chi connectivity index (χ0v) is 20.6. The number of carboxylic acid groups (broad SMARTS) is 1. The van der Waals surface area contributed by atoms with Gasteiger partial charge in [0.2, 0.25) is 10.0 Å². The molecule has 10 heteroatoms. The molecule has 37 heavy (non-hydrogen) atoms. The molecule has 2 aliphatic heterocycles. The zero-order valence-electron chi connectivity index (χ0n) is 19.7. The Morgan fingerprint density at radius 2 is 1.73 bits per heavy atom. The molecule has 0 unspecified atom stereocenters. The van der Waals surface area contributed by atoms with E-state index in [0.717, 1.165) is 0 Å². The highest BCUT2D eigenvalue weighted by Gasteiger charge is 2.40. The molecule has 0 spiro atoms. The first-order chi connectivity index (χ1) is 17.8. The van der Waals surface area contributed by atoms with Gasteiger partial charge in [-0.3, -0.25) is 9.59 Å². The van der Waals surface area contributed by atoms with Crippen LogP contribution in [0.2, 0.25) is 0 Å². The van der Waals surface area contributed by atoms with Crippen molar-refractivity contribution in [2.75, 3.05) is 18.1 Å². The number of aromatic carboxylic acids is 1. The lowest BCUT2D eigenvalue weighted by Gasteiger charge is -2.24. The monoisotopic (exact) mass is 520 g/mol. The van der Waals surface area contributed by atoms with Crippen molar-refractivity contribution >= 4 is 33.4 Å². The summed E-state index contributed by atoms with van der Waals surface area (Å²) in [5, 5.41) is 9.07. The Morgan fingerprint density at radius 3 is 2.43 bits per heavy atom. The quantitative estimate of drug-likeness (QED) is 0.452. The first-order valence-corrected chi connectivity index (χ1v) is 13.2. The van der Waals surface area contributed by atoms with Crippen LogP contribution in [0.25, 0.3) is 0 Å². The number of rotatable bonds is 8. The summed E-state index contributed by atoms with van der Waals surface area (Å²) in [5.74, 6) is -1.95. The molecule has 1 fully saturated rings. The first-order valence-electron chi connectivity index (χ1n) is 11.8. The summed E-state index contributed by atoms with van der Waals surface area (Å²) in [6.45, 7) is 0.599. The Bertz CT molecular complexity index is 1470. The number of ketones is 1. The van der Waals surface area contributed by atoms with Crippen LogP contribution in [-0.2, 0) is 21.4 Å². The van der Waals surface area contributed by atoms with Gasteiger partial charge in [-0.25, -0.2) is 13.2 Å². The third kappa shape index (κ3) is 4.73. The van der Waals surface area contributed by atoms with Gasteiger partial charge < -0.3 is 14.7 Å². The molecule has 9 nitrogen and oxygen atoms in total. The fraction of sp³-hybridized carbons (Fsp3) is 0.222. The molecule has 2 heterocycles. The van der Waals surface area contributed by atoms with Crippen LogP contribution in [0.1, 0.15) is 39.1 Å². The second-order valence-corrected chi connectivity index (χ2v) is 10.8. The fourth-order valence-electron chi connectivity index (χ4n) is 4.67. The molecule has 0 aliphatic carbocycles. The van der Waals surface area contributed by atoms with Crippen LogP contribution in [0, 0.1) is 0 Å². The standard InChI is InChI=1S/C27H24N2O7S/c30-25-23-15-22(37(34,35)29-14-4-5-20(29)17-36-21-6-2-1-3-7-21)12-13-24(23)28(26(25)31)16-18-8-10-19(11-9-18)27(32)33/h1-3,6-13,15,20H,4-5,14,16-17H2,(H,32,33)/t20-/m0/s1. The second kappa shape index (κ2) is 9.79. The maximum atomic E-state index is 13.5. The van der Waals surface area contributed by atoms with Crippen molar-refractivity contribution in [2.24, 2.45) is 0 Å². The number of nitrogens with zero attached hydrogens (tertiary/aromatic N) is 2. The molecule has 5 rings (SSSR count). The van der Waals surface area contributed by atoms with Gasteiger partial charge in [0.05, 0.1) is 34.3 Å². The van der Waals surface area contributed by atoms with E-state index in [1.807, 2.05) is 30.3 Å². The van der Waals surface area contributed by atoms with Gasteiger partial charge in [0.1, 0.15) is 12.4 Å². The Hall–Kier alpha value is -4.02. The van der Waals surface area contributed by atoms with Crippen molar-refractivity contribution in [3.8, 4) is 5.75 Å². The number of Topliss-reactive ketones (excluding diaryl/α,β-unsaturated/α-hetero) is 1. The number of benzene rings is 3. The van der Waals surface area contributed by atoms with Gasteiger partial charge >= 0.3 is 5.97 Å². The molecule has 190 valence electrons. The van der Waals surface area contributed by atoms with E-state index in [-0.39, 0.29) is 35.2 Å². The maximum absolute atomic E-state index is 13.5. The molecule has 3 aromatic rings. The Labute approximate surface area is 213 Å². The molecule has 1 saturated heterocycles. The van der Waals surface area contributed by atoms with Gasteiger partial charge in [-0.1, -0.05) is 30.3 Å². The highest BCUT2D eigenvalue weighted by atomic mass is 32.2. The van der Waals surface area contributed by atoms with Crippen molar-refractivity contribution in [1.82, 2.24) is 4.31 Å². The van der Waals surface area contributed by atoms with E-state index in [2.05, 4.69) is 0 Å². The van der Waals surface area contributed by atoms with Crippen molar-refractivity contribution in [3.05, 3.63) is 89.5 Å². The number of hydrogen-bond acceptors (Lipinski definition) is 6. The van der Waals surface area contributed by atoms with E-state index in [4.69, 9.17) is 9.84 Å². The van der Waals surface area contributed by atoms with Gasteiger partial charge in [0, 0.05) is 6.54 Å². The Morgan fingerprint density at radius 1 is 1.00 bits per heavy atom. The van der Waals surface area contributed by atoms with Gasteiger partial charge in [-0.2, -0.15) is 4.31 Å². The van der Waals surface area contributed by atoms with E-state index < -0.39 is 27.7 Å². The summed E-state index contributed by atoms with van der Waals surface area (Å²) in [6.07, 6.45) is 1.35. The molecule has 0 saturated carbocycles. The molecule has 1 atom stereocenters. The molecule has 2 aliphatic rings. The summed E-state index contributed by atoms with van der Waals surface area (Å²) in [4.78, 5) is 37.8. The highest BCUT2D eigenvalue weighted by molar-refractivity contribution is 7.89. The summed E-state index contributed by atoms with van der Waals surface area (Å²) < 4.78 is 34.2. The van der Waals surface area contributed by atoms with Crippen molar-refractivity contribution in [3.63, 3.8) is 0 Å². The molecular formula is C27H24N2O7S. The number of carboxylic acids is 1. The predicted octanol–water partition coefficient (Wildman–Crippen LogP) is 3.35. The van der Waals surface area contributed by atoms with Crippen LogP contribution in [0.3, 0.4) is 0 Å². The SMILES string of the molecule is O=C(O)c1ccc(CN2C(=O)C(=O)c3cc(S(=O)(=O)N4CCC[C@H]4COc4ccccc4)ccc32)cc1. The number of carbonyl (C=O) groups excluding carboxylic acids is 2. The van der Waals surface area contributed by atoms with E-state index >= 15 is 0 Å². The number of hydrogen-bond donors (Lipinski definition) is 1. The van der Waals surface area contributed by atoms with Crippen molar-refractivity contribution < 1.29 is 32.6 Å². The fourth-order valence-corrected chi connectivity index (χ4v) is 6.37. The van der Waals surface area contributed by atoms with Crippen LogP contribution in [0.4, 0.5) is 5.69 Å². The van der Waals surface area contributed by atoms with Crippen molar-refractivity contribution in [1.29, 1.82) is 0 Å². The average Bonchev–Trinajstić information content (AvgIpc) is 3.48. The lowest BCUT2D eigenvalue weighted by atomic mass is 10.1. The lowest BCUT2D eigenvalue weighted by molar-refractivity contribution is -0.114. The van der Waals surface area contributed by atoms with E-state index in [1.54, 1.807) is 12.1 Å². The topological polar surface area (TPSA) is 121 Å². The van der Waals surface area contributed by atoms with Crippen molar-refractivity contribution in [2.45, 2.75) is 30.3 Å². The number of carbonyl (C=O) groups is 3. The molecule has 0 bridgehead atoms. The van der Waals surface area contributed by atoms with Crippen LogP contribution in [0.5, 0.6) is 5.75 Å². The summed E-state index contributed by atoms with van der Waals surface area (Å²) in [6, 6.07) is 19.0. The third-order valence-corrected chi connectivity index (χ3v) is 8.55. The van der Waals surface area contributed by atoms with Crippen LogP contribution >= 0.6 is 0 Å². The predicted molar refractivity (Wildman–Crippen MR) is 134 cm³/mol. The average molecular weight is 521 g/mol. The Kier molecular flexibility index (Phi) is 6.53. The molecule has 1 N–H and O–H groups in total. The highest BCUT2D eigenvalue weighted by Crippen LogP contribution is 2.34. The number of para-hydroxylation sites is 1. The largest absolute Gasteiger partial charge is 0.492 e. The summed E-state index contributed by atoms with van der Waals surface area (Å²) in [5.41, 5.74) is 1.09. The number of anilines is 1. The second-order valence-electron chi connectivity index (χ2n) is 8.94. The Balaban J connectivity index is 1.36. The van der Waals surface area contributed by atoms with E-state index in [9.17, 15) is 22.8 Å². The lowest BCUT2D eigenvalue weighted by Crippen LogP contribution is -2.39. The molecular weight excluding hydrogens is 496 g/mol. The number of ether oxygens (including phenoxy) is 1. The summed E-state index contributed by atoms with van der Waals surface area (Å²) in [7, 11) is -3.93. The van der Waals surface area contributed by atoms with Crippen LogP contribution in [0.15, 0.2) is 77.7 Å². The molecule has 3 aromatic carbocycles. The molecule has 0 aromatic heterocycles. The maximum Gasteiger partial charge on any atom is 0.335 e. The van der Waals surface area contributed by atoms with E-state index in [0.29, 0.717) is 36.4 Å². The normalized spacial score (nSPS) is 17.7. The van der Waals surface area contributed by atoms with Gasteiger partial charge in [-0.05, 0) is 60.9 Å². The summed E-state index contributed by atoms with van der Waals surface area (Å²) >= 11 is 0. The van der Waals surface area contributed by atoms with Gasteiger partial charge in [0.25, 0.3) is 11.7 Å². The van der Waals surface area contributed by atoms with E-state index in [1.165, 1.54) is 39.5 Å². The van der Waals surface area contributed by atoms with Gasteiger partial charge in [-0.15, -0.1) is 0 Å². The number of fused-ring (bicyclic) bond motifs is 1. The molecule has 1 amide bonds. The number of sulfonamides is 1. The minimum absolute atomic E-state index is 0.0320. The minimum Gasteiger partial charge on any atom is -0.492 e. The van der Waals surface area contributed by atoms with Crippen LogP contribution < -0.4 is 9.64 Å². The van der Waals surface area contributed by atoms with Crippen LogP contribution in [-0.4, -0.2) is 54.7 Å². The van der Waals surface area contributed by atoms with Gasteiger partial charge in [0.15, 0.2) is 0 Å². The number of amides is 1. The smallest absolute Gasteiger partial charge is 0.335 e. The minimum atomic E-state index is -3.93. The first kappa shape index (κ1) is 24.7. The molecule has 0 radical (unpaired) electrons.